The molecule has 1 aromatic carbocycles. The molecule has 8 heteroatoms. The zero-order valence-corrected chi connectivity index (χ0v) is 19.9. The van der Waals surface area contributed by atoms with Crippen LogP contribution >= 0.6 is 0 Å². The van der Waals surface area contributed by atoms with Gasteiger partial charge in [0.05, 0.1) is 27.8 Å². The maximum atomic E-state index is 6.39. The summed E-state index contributed by atoms with van der Waals surface area (Å²) >= 11 is 0. The molecule has 8 nitrogen and oxygen atoms in total. The number of nitrogen functional groups attached to an aromatic ring is 1. The highest BCUT2D eigenvalue weighted by molar-refractivity contribution is 6.00. The molecule has 4 N–H and O–H groups in total. The summed E-state index contributed by atoms with van der Waals surface area (Å²) in [5.74, 6) is 0.429. The standard InChI is InChI=1S/C27H28N8/c1-16-13-22(20-5-3-4-12-30-20)33-21-14-17(6-7-19(16)21)24-23-25(29)31-15-32-26(23)35(34-24)27(2)10-8-18(28)9-11-27/h3-7,12-15,18H,8-11,28H2,1-2H3,(H2,29,31,32). The molecule has 1 aliphatic carbocycles. The van der Waals surface area contributed by atoms with Gasteiger partial charge in [0.1, 0.15) is 17.8 Å². The number of rotatable bonds is 3. The van der Waals surface area contributed by atoms with Gasteiger partial charge in [-0.25, -0.2) is 19.6 Å². The molecule has 5 aromatic rings. The Morgan fingerprint density at radius 1 is 1.00 bits per heavy atom. The Balaban J connectivity index is 1.54. The minimum absolute atomic E-state index is 0.176. The van der Waals surface area contributed by atoms with Crippen LogP contribution in [0.4, 0.5) is 5.82 Å². The van der Waals surface area contributed by atoms with Gasteiger partial charge < -0.3 is 11.5 Å². The van der Waals surface area contributed by atoms with Gasteiger partial charge in [0.2, 0.25) is 0 Å². The molecule has 176 valence electrons. The lowest BCUT2D eigenvalue weighted by Gasteiger charge is -2.36. The Hall–Kier alpha value is -3.91. The maximum Gasteiger partial charge on any atom is 0.164 e. The number of hydrogen-bond acceptors (Lipinski definition) is 7. The summed E-state index contributed by atoms with van der Waals surface area (Å²) < 4.78 is 2.05. The van der Waals surface area contributed by atoms with E-state index in [2.05, 4.69) is 57.7 Å². The minimum Gasteiger partial charge on any atom is -0.383 e. The number of fused-ring (bicyclic) bond motifs is 2. The van der Waals surface area contributed by atoms with Crippen molar-refractivity contribution in [3.63, 3.8) is 0 Å². The van der Waals surface area contributed by atoms with Gasteiger partial charge in [-0.15, -0.1) is 0 Å². The van der Waals surface area contributed by atoms with E-state index < -0.39 is 0 Å². The highest BCUT2D eigenvalue weighted by Gasteiger charge is 2.35. The van der Waals surface area contributed by atoms with Crippen LogP contribution in [0.15, 0.2) is 55.0 Å². The van der Waals surface area contributed by atoms with Crippen LogP contribution < -0.4 is 11.5 Å². The summed E-state index contributed by atoms with van der Waals surface area (Å²) in [7, 11) is 0. The average molecular weight is 465 g/mol. The molecule has 0 bridgehead atoms. The fraction of sp³-hybridized carbons (Fsp3) is 0.296. The Kier molecular flexibility index (Phi) is 5.00. The Labute approximate surface area is 203 Å². The minimum atomic E-state index is -0.176. The Bertz CT molecular complexity index is 1550. The lowest BCUT2D eigenvalue weighted by atomic mass is 9.81. The van der Waals surface area contributed by atoms with E-state index in [0.29, 0.717) is 5.82 Å². The van der Waals surface area contributed by atoms with E-state index >= 15 is 0 Å². The number of pyridine rings is 2. The first-order valence-electron chi connectivity index (χ1n) is 12.0. The molecule has 1 fully saturated rings. The van der Waals surface area contributed by atoms with E-state index in [4.69, 9.17) is 21.5 Å². The van der Waals surface area contributed by atoms with Crippen molar-refractivity contribution in [3.8, 4) is 22.6 Å². The molecule has 1 saturated carbocycles. The van der Waals surface area contributed by atoms with E-state index in [9.17, 15) is 0 Å². The maximum absolute atomic E-state index is 6.39. The van der Waals surface area contributed by atoms with Gasteiger partial charge in [-0.3, -0.25) is 4.98 Å². The highest BCUT2D eigenvalue weighted by Crippen LogP contribution is 2.39. The van der Waals surface area contributed by atoms with Crippen molar-refractivity contribution in [2.24, 2.45) is 5.73 Å². The van der Waals surface area contributed by atoms with Gasteiger partial charge in [-0.2, -0.15) is 5.10 Å². The number of hydrogen-bond donors (Lipinski definition) is 2. The smallest absolute Gasteiger partial charge is 0.164 e. The van der Waals surface area contributed by atoms with Crippen molar-refractivity contribution in [2.45, 2.75) is 51.1 Å². The lowest BCUT2D eigenvalue weighted by molar-refractivity contribution is 0.190. The summed E-state index contributed by atoms with van der Waals surface area (Å²) in [6.45, 7) is 4.33. The van der Waals surface area contributed by atoms with Crippen molar-refractivity contribution < 1.29 is 0 Å². The predicted molar refractivity (Wildman–Crippen MR) is 139 cm³/mol. The molecule has 0 aliphatic heterocycles. The van der Waals surface area contributed by atoms with E-state index in [-0.39, 0.29) is 11.6 Å². The van der Waals surface area contributed by atoms with Crippen molar-refractivity contribution >= 4 is 27.8 Å². The molecule has 0 amide bonds. The van der Waals surface area contributed by atoms with Crippen molar-refractivity contribution in [1.82, 2.24) is 29.7 Å². The zero-order chi connectivity index (χ0) is 24.2. The first-order valence-corrected chi connectivity index (χ1v) is 12.0. The second-order valence-electron chi connectivity index (χ2n) is 9.82. The molecule has 0 radical (unpaired) electrons. The molecule has 35 heavy (non-hydrogen) atoms. The van der Waals surface area contributed by atoms with Crippen LogP contribution in [0.2, 0.25) is 0 Å². The van der Waals surface area contributed by atoms with Gasteiger partial charge in [-0.1, -0.05) is 18.2 Å². The summed E-state index contributed by atoms with van der Waals surface area (Å²) in [6, 6.07) is 14.4. The third-order valence-corrected chi connectivity index (χ3v) is 7.33. The molecular weight excluding hydrogens is 436 g/mol. The SMILES string of the molecule is Cc1cc(-c2ccccn2)nc2cc(-c3nn(C4(C)CCC(N)CC4)c4ncnc(N)c34)ccc12. The number of nitrogens with zero attached hydrogens (tertiary/aromatic N) is 6. The molecule has 0 saturated heterocycles. The lowest BCUT2D eigenvalue weighted by Crippen LogP contribution is -2.39. The molecular formula is C27H28N8. The monoisotopic (exact) mass is 464 g/mol. The van der Waals surface area contributed by atoms with Gasteiger partial charge in [0, 0.05) is 23.2 Å². The fourth-order valence-corrected chi connectivity index (χ4v) is 5.22. The Morgan fingerprint density at radius 2 is 1.83 bits per heavy atom. The summed E-state index contributed by atoms with van der Waals surface area (Å²) in [5.41, 5.74) is 18.6. The van der Waals surface area contributed by atoms with Crippen LogP contribution in [0, 0.1) is 6.92 Å². The van der Waals surface area contributed by atoms with Crippen LogP contribution in [-0.4, -0.2) is 35.8 Å². The van der Waals surface area contributed by atoms with E-state index in [1.54, 1.807) is 6.20 Å². The molecule has 0 atom stereocenters. The fourth-order valence-electron chi connectivity index (χ4n) is 5.22. The predicted octanol–water partition coefficient (Wildman–Crippen LogP) is 4.61. The Morgan fingerprint density at radius 3 is 2.60 bits per heavy atom. The normalized spacial score (nSPS) is 20.5. The largest absolute Gasteiger partial charge is 0.383 e. The first-order chi connectivity index (χ1) is 16.9. The van der Waals surface area contributed by atoms with E-state index in [0.717, 1.165) is 75.8 Å². The third kappa shape index (κ3) is 3.61. The van der Waals surface area contributed by atoms with Crippen molar-refractivity contribution in [1.29, 1.82) is 0 Å². The molecule has 1 aliphatic rings. The zero-order valence-electron chi connectivity index (χ0n) is 19.9. The molecule has 0 spiro atoms. The summed E-state index contributed by atoms with van der Waals surface area (Å²) in [6.07, 6.45) is 7.11. The summed E-state index contributed by atoms with van der Waals surface area (Å²) in [5, 5.41) is 6.97. The molecule has 4 heterocycles. The van der Waals surface area contributed by atoms with E-state index in [1.165, 1.54) is 6.33 Å². The van der Waals surface area contributed by atoms with Crippen molar-refractivity contribution in [2.75, 3.05) is 5.73 Å². The molecule has 0 unspecified atom stereocenters. The van der Waals surface area contributed by atoms with Crippen LogP contribution in [-0.2, 0) is 5.54 Å². The second-order valence-corrected chi connectivity index (χ2v) is 9.82. The molecule has 4 aromatic heterocycles. The first kappa shape index (κ1) is 21.6. The number of nitrogens with two attached hydrogens (primary N) is 2. The van der Waals surface area contributed by atoms with Gasteiger partial charge in [-0.05, 0) is 69.4 Å². The van der Waals surface area contributed by atoms with Crippen LogP contribution in [0.1, 0.15) is 38.2 Å². The van der Waals surface area contributed by atoms with Gasteiger partial charge in [0.15, 0.2) is 5.65 Å². The van der Waals surface area contributed by atoms with Crippen LogP contribution in [0.5, 0.6) is 0 Å². The second kappa shape index (κ2) is 8.09. The van der Waals surface area contributed by atoms with Crippen molar-refractivity contribution in [3.05, 3.63) is 60.6 Å². The van der Waals surface area contributed by atoms with E-state index in [1.807, 2.05) is 18.2 Å². The topological polar surface area (TPSA) is 121 Å². The third-order valence-electron chi connectivity index (χ3n) is 7.33. The number of benzene rings is 1. The van der Waals surface area contributed by atoms with Gasteiger partial charge >= 0.3 is 0 Å². The quantitative estimate of drug-likeness (QED) is 0.400. The van der Waals surface area contributed by atoms with Crippen LogP contribution in [0.25, 0.3) is 44.6 Å². The molecule has 6 rings (SSSR count). The number of anilines is 1. The summed E-state index contributed by atoms with van der Waals surface area (Å²) in [4.78, 5) is 18.3. The average Bonchev–Trinajstić information content (AvgIpc) is 3.28. The van der Waals surface area contributed by atoms with Crippen LogP contribution in [0.3, 0.4) is 0 Å². The van der Waals surface area contributed by atoms with Gasteiger partial charge in [0.25, 0.3) is 0 Å². The highest BCUT2D eigenvalue weighted by atomic mass is 15.4. The number of aromatic nitrogens is 6. The number of aryl methyl sites for hydroxylation is 1.